The minimum absolute atomic E-state index is 0.484. The van der Waals surface area contributed by atoms with E-state index in [9.17, 15) is 0 Å². The molecule has 5 nitrogen and oxygen atoms in total. The van der Waals surface area contributed by atoms with Crippen molar-refractivity contribution in [1.82, 2.24) is 20.0 Å². The Morgan fingerprint density at radius 2 is 2.21 bits per heavy atom. The Kier molecular flexibility index (Phi) is 5.41. The quantitative estimate of drug-likeness (QED) is 0.585. The number of thiophene rings is 1. The van der Waals surface area contributed by atoms with Gasteiger partial charge in [0.2, 0.25) is 11.7 Å². The second-order valence-electron chi connectivity index (χ2n) is 5.26. The fraction of sp³-hybridized carbons (Fsp3) is 0.235. The van der Waals surface area contributed by atoms with E-state index in [0.717, 1.165) is 20.7 Å². The number of pyridine rings is 1. The average Bonchev–Trinajstić information content (AvgIpc) is 3.16. The predicted molar refractivity (Wildman–Crippen MR) is 97.2 cm³/mol. The van der Waals surface area contributed by atoms with Crippen LogP contribution in [0.15, 0.2) is 38.6 Å². The number of terminal acetylenes is 1. The van der Waals surface area contributed by atoms with Gasteiger partial charge in [-0.2, -0.15) is 4.98 Å². The molecule has 0 unspecified atom stereocenters. The molecule has 0 aliphatic carbocycles. The normalized spacial score (nSPS) is 10.9. The van der Waals surface area contributed by atoms with Crippen LogP contribution in [0.3, 0.4) is 0 Å². The van der Waals surface area contributed by atoms with E-state index in [1.165, 1.54) is 0 Å². The number of hydrogen-bond donors (Lipinski definition) is 0. The highest BCUT2D eigenvalue weighted by Crippen LogP contribution is 2.27. The summed E-state index contributed by atoms with van der Waals surface area (Å²) in [5.41, 5.74) is 1.95. The highest BCUT2D eigenvalue weighted by atomic mass is 79.9. The number of aromatic nitrogens is 3. The summed E-state index contributed by atoms with van der Waals surface area (Å²) in [6.45, 7) is 3.57. The first-order valence-corrected chi connectivity index (χ1v) is 8.96. The van der Waals surface area contributed by atoms with E-state index in [0.29, 0.717) is 31.3 Å². The minimum Gasteiger partial charge on any atom is -0.338 e. The van der Waals surface area contributed by atoms with Crippen LogP contribution in [-0.4, -0.2) is 26.6 Å². The zero-order valence-electron chi connectivity index (χ0n) is 13.1. The smallest absolute Gasteiger partial charge is 0.241 e. The van der Waals surface area contributed by atoms with E-state index in [1.807, 2.05) is 41.5 Å². The topological polar surface area (TPSA) is 55.1 Å². The molecule has 7 heteroatoms. The van der Waals surface area contributed by atoms with Crippen molar-refractivity contribution in [2.24, 2.45) is 0 Å². The molecule has 3 aromatic heterocycles. The third-order valence-corrected chi connectivity index (χ3v) is 4.95. The van der Waals surface area contributed by atoms with Gasteiger partial charge >= 0.3 is 0 Å². The molecule has 3 aromatic rings. The lowest BCUT2D eigenvalue weighted by Crippen LogP contribution is -2.24. The first kappa shape index (κ1) is 16.8. The Labute approximate surface area is 152 Å². The molecule has 0 saturated carbocycles. The fourth-order valence-electron chi connectivity index (χ4n) is 2.25. The van der Waals surface area contributed by atoms with Gasteiger partial charge in [-0.15, -0.1) is 17.8 Å². The molecule has 0 aliphatic heterocycles. The van der Waals surface area contributed by atoms with Gasteiger partial charge in [0.15, 0.2) is 0 Å². The molecule has 0 spiro atoms. The van der Waals surface area contributed by atoms with Crippen LogP contribution in [0.1, 0.15) is 17.3 Å². The molecule has 3 rings (SSSR count). The van der Waals surface area contributed by atoms with Gasteiger partial charge in [-0.1, -0.05) is 17.1 Å². The molecule has 0 saturated heterocycles. The van der Waals surface area contributed by atoms with Gasteiger partial charge in [0.1, 0.15) is 0 Å². The SMILES string of the molecule is C#CCN(Cc1cccc(C)n1)Cc1nc(-c2cc(Br)cs2)no1. The van der Waals surface area contributed by atoms with Gasteiger partial charge in [-0.25, -0.2) is 0 Å². The third-order valence-electron chi connectivity index (χ3n) is 3.26. The van der Waals surface area contributed by atoms with Crippen molar-refractivity contribution in [2.75, 3.05) is 6.54 Å². The molecule has 0 amide bonds. The largest absolute Gasteiger partial charge is 0.338 e. The molecule has 0 atom stereocenters. The van der Waals surface area contributed by atoms with Crippen molar-refractivity contribution >= 4 is 27.3 Å². The van der Waals surface area contributed by atoms with Crippen LogP contribution in [0.2, 0.25) is 0 Å². The minimum atomic E-state index is 0.484. The molecule has 0 bridgehead atoms. The third kappa shape index (κ3) is 4.29. The van der Waals surface area contributed by atoms with Crippen molar-refractivity contribution in [2.45, 2.75) is 20.0 Å². The molecule has 0 aliphatic rings. The van der Waals surface area contributed by atoms with Gasteiger partial charge in [0, 0.05) is 22.1 Å². The van der Waals surface area contributed by atoms with Crippen molar-refractivity contribution in [3.63, 3.8) is 0 Å². The van der Waals surface area contributed by atoms with Crippen LogP contribution in [0.25, 0.3) is 10.7 Å². The van der Waals surface area contributed by atoms with Crippen molar-refractivity contribution in [3.05, 3.63) is 51.4 Å². The molecule has 0 aromatic carbocycles. The number of rotatable bonds is 6. The Hall–Kier alpha value is -2.01. The van der Waals surface area contributed by atoms with Crippen LogP contribution in [0.4, 0.5) is 0 Å². The Balaban J connectivity index is 1.72. The highest BCUT2D eigenvalue weighted by molar-refractivity contribution is 9.10. The standard InChI is InChI=1S/C17H15BrN4OS/c1-3-7-22(9-14-6-4-5-12(2)19-14)10-16-20-17(21-23-16)15-8-13(18)11-24-15/h1,4-6,8,11H,7,9-10H2,2H3. The Morgan fingerprint density at radius 3 is 2.92 bits per heavy atom. The second kappa shape index (κ2) is 7.71. The lowest BCUT2D eigenvalue weighted by molar-refractivity contribution is 0.240. The maximum atomic E-state index is 5.48. The maximum absolute atomic E-state index is 5.48. The molecule has 122 valence electrons. The number of halogens is 1. The summed E-state index contributed by atoms with van der Waals surface area (Å²) in [6, 6.07) is 7.91. The van der Waals surface area contributed by atoms with E-state index in [4.69, 9.17) is 10.9 Å². The molecule has 24 heavy (non-hydrogen) atoms. The van der Waals surface area contributed by atoms with E-state index < -0.39 is 0 Å². The van der Waals surface area contributed by atoms with Crippen molar-refractivity contribution < 1.29 is 4.52 Å². The van der Waals surface area contributed by atoms with E-state index >= 15 is 0 Å². The summed E-state index contributed by atoms with van der Waals surface area (Å²) in [5, 5.41) is 6.03. The number of aryl methyl sites for hydroxylation is 1. The predicted octanol–water partition coefficient (Wildman–Crippen LogP) is 3.90. The van der Waals surface area contributed by atoms with Crippen molar-refractivity contribution in [1.29, 1.82) is 0 Å². The van der Waals surface area contributed by atoms with Crippen LogP contribution in [0.5, 0.6) is 0 Å². The zero-order chi connectivity index (χ0) is 16.9. The Bertz CT molecular complexity index is 867. The average molecular weight is 403 g/mol. The zero-order valence-corrected chi connectivity index (χ0v) is 15.5. The van der Waals surface area contributed by atoms with Crippen molar-refractivity contribution in [3.8, 4) is 23.0 Å². The van der Waals surface area contributed by atoms with Crippen LogP contribution < -0.4 is 0 Å². The van der Waals surface area contributed by atoms with E-state index in [2.05, 4.69) is 37.0 Å². The molecule has 3 heterocycles. The summed E-state index contributed by atoms with van der Waals surface area (Å²) in [5.74, 6) is 3.80. The molecule has 0 fully saturated rings. The van der Waals surface area contributed by atoms with Crippen LogP contribution in [0, 0.1) is 19.3 Å². The summed E-state index contributed by atoms with van der Waals surface area (Å²) in [6.07, 6.45) is 5.48. The number of nitrogens with zero attached hydrogens (tertiary/aromatic N) is 4. The Morgan fingerprint density at radius 1 is 1.33 bits per heavy atom. The summed E-state index contributed by atoms with van der Waals surface area (Å²) >= 11 is 4.99. The summed E-state index contributed by atoms with van der Waals surface area (Å²) in [4.78, 5) is 12.0. The van der Waals surface area contributed by atoms with E-state index in [1.54, 1.807) is 11.3 Å². The number of hydrogen-bond acceptors (Lipinski definition) is 6. The molecule has 0 radical (unpaired) electrons. The van der Waals surface area contributed by atoms with Gasteiger partial charge in [0.25, 0.3) is 0 Å². The second-order valence-corrected chi connectivity index (χ2v) is 7.09. The first-order chi connectivity index (χ1) is 11.6. The molecular formula is C17H15BrN4OS. The lowest BCUT2D eigenvalue weighted by Gasteiger charge is -2.17. The fourth-order valence-corrected chi connectivity index (χ4v) is 3.61. The monoisotopic (exact) mass is 402 g/mol. The van der Waals surface area contributed by atoms with Gasteiger partial charge in [0.05, 0.1) is 23.7 Å². The first-order valence-electron chi connectivity index (χ1n) is 7.29. The lowest BCUT2D eigenvalue weighted by atomic mass is 10.3. The maximum Gasteiger partial charge on any atom is 0.241 e. The van der Waals surface area contributed by atoms with Crippen LogP contribution >= 0.6 is 27.3 Å². The van der Waals surface area contributed by atoms with Gasteiger partial charge < -0.3 is 4.52 Å². The summed E-state index contributed by atoms with van der Waals surface area (Å²) < 4.78 is 6.37. The van der Waals surface area contributed by atoms with Gasteiger partial charge in [-0.3, -0.25) is 9.88 Å². The summed E-state index contributed by atoms with van der Waals surface area (Å²) in [7, 11) is 0. The highest BCUT2D eigenvalue weighted by Gasteiger charge is 2.14. The molecule has 0 N–H and O–H groups in total. The molecular weight excluding hydrogens is 388 g/mol. The van der Waals surface area contributed by atoms with Gasteiger partial charge in [-0.05, 0) is 41.1 Å². The van der Waals surface area contributed by atoms with Crippen LogP contribution in [-0.2, 0) is 13.1 Å². The van der Waals surface area contributed by atoms with E-state index in [-0.39, 0.29) is 0 Å².